The van der Waals surface area contributed by atoms with Crippen molar-refractivity contribution >= 4 is 11.9 Å². The Balaban J connectivity index is 1.52. The van der Waals surface area contributed by atoms with Crippen molar-refractivity contribution < 1.29 is 22.4 Å². The van der Waals surface area contributed by atoms with E-state index in [-0.39, 0.29) is 23.1 Å². The van der Waals surface area contributed by atoms with Crippen LogP contribution in [0.15, 0.2) is 65.9 Å². The zero-order chi connectivity index (χ0) is 20.4. The number of nitrogens with zero attached hydrogens (tertiary/aromatic N) is 5. The number of amides is 1. The van der Waals surface area contributed by atoms with E-state index >= 15 is 0 Å². The third kappa shape index (κ3) is 3.83. The van der Waals surface area contributed by atoms with Gasteiger partial charge in [-0.15, -0.1) is 0 Å². The van der Waals surface area contributed by atoms with E-state index in [1.54, 1.807) is 24.4 Å². The molecule has 0 fully saturated rings. The maximum atomic E-state index is 12.6. The lowest BCUT2D eigenvalue weighted by atomic mass is 10.2. The zero-order valence-corrected chi connectivity index (χ0v) is 14.5. The summed E-state index contributed by atoms with van der Waals surface area (Å²) in [5.74, 6) is -0.0564. The number of imidazole rings is 1. The summed E-state index contributed by atoms with van der Waals surface area (Å²) in [5.41, 5.74) is -0.342. The van der Waals surface area contributed by atoms with Gasteiger partial charge in [-0.25, -0.2) is 9.97 Å². The fourth-order valence-corrected chi connectivity index (χ4v) is 2.46. The molecule has 0 atom stereocenters. The van der Waals surface area contributed by atoms with Crippen LogP contribution in [0.2, 0.25) is 0 Å². The van der Waals surface area contributed by atoms with Gasteiger partial charge in [0.15, 0.2) is 0 Å². The lowest BCUT2D eigenvalue weighted by molar-refractivity contribution is -0.137. The molecule has 11 heteroatoms. The van der Waals surface area contributed by atoms with Crippen molar-refractivity contribution in [2.24, 2.45) is 0 Å². The quantitative estimate of drug-likeness (QED) is 0.562. The van der Waals surface area contributed by atoms with Crippen LogP contribution >= 0.6 is 0 Å². The number of carbonyl (C=O) groups is 1. The first-order valence-electron chi connectivity index (χ1n) is 8.16. The highest BCUT2D eigenvalue weighted by atomic mass is 19.4. The van der Waals surface area contributed by atoms with Gasteiger partial charge in [-0.05, 0) is 24.3 Å². The average Bonchev–Trinajstić information content (AvgIpc) is 3.38. The smallest absolute Gasteiger partial charge is 0.417 e. The maximum Gasteiger partial charge on any atom is 0.417 e. The Bertz CT molecular complexity index is 1140. The van der Waals surface area contributed by atoms with Crippen LogP contribution < -0.4 is 5.32 Å². The molecule has 0 saturated heterocycles. The molecule has 0 aliphatic carbocycles. The van der Waals surface area contributed by atoms with Crippen molar-refractivity contribution in [3.8, 4) is 17.2 Å². The largest absolute Gasteiger partial charge is 0.431 e. The molecule has 0 aromatic carbocycles. The van der Waals surface area contributed by atoms with E-state index < -0.39 is 17.6 Å². The van der Waals surface area contributed by atoms with Gasteiger partial charge < -0.3 is 4.42 Å². The number of alkyl halides is 3. The zero-order valence-electron chi connectivity index (χ0n) is 14.5. The predicted molar refractivity (Wildman–Crippen MR) is 94.0 cm³/mol. The average molecular weight is 400 g/mol. The molecule has 4 aromatic heterocycles. The minimum atomic E-state index is -4.48. The normalized spacial score (nSPS) is 11.4. The van der Waals surface area contributed by atoms with Crippen molar-refractivity contribution in [3.05, 3.63) is 72.8 Å². The fourth-order valence-electron chi connectivity index (χ4n) is 2.46. The van der Waals surface area contributed by atoms with E-state index in [1.807, 2.05) is 0 Å². The van der Waals surface area contributed by atoms with Crippen molar-refractivity contribution in [2.75, 3.05) is 5.32 Å². The molecule has 146 valence electrons. The number of hydrogen-bond donors (Lipinski definition) is 1. The molecule has 1 N–H and O–H groups in total. The molecule has 0 radical (unpaired) electrons. The minimum absolute atomic E-state index is 0.138. The third-order valence-electron chi connectivity index (χ3n) is 3.85. The lowest BCUT2D eigenvalue weighted by Gasteiger charge is -2.06. The third-order valence-corrected chi connectivity index (χ3v) is 3.85. The van der Waals surface area contributed by atoms with Gasteiger partial charge in [0.05, 0.1) is 17.5 Å². The number of anilines is 1. The maximum absolute atomic E-state index is 12.6. The summed E-state index contributed by atoms with van der Waals surface area (Å²) in [5, 5.41) is 2.47. The summed E-state index contributed by atoms with van der Waals surface area (Å²) in [6, 6.07) is 7.13. The molecule has 0 bridgehead atoms. The van der Waals surface area contributed by atoms with Gasteiger partial charge in [-0.3, -0.25) is 19.7 Å². The van der Waals surface area contributed by atoms with E-state index in [4.69, 9.17) is 4.42 Å². The van der Waals surface area contributed by atoms with E-state index in [1.165, 1.54) is 29.4 Å². The van der Waals surface area contributed by atoms with Crippen LogP contribution in [-0.4, -0.2) is 30.4 Å². The van der Waals surface area contributed by atoms with Crippen LogP contribution in [0.25, 0.3) is 17.2 Å². The highest BCUT2D eigenvalue weighted by molar-refractivity contribution is 6.02. The first kappa shape index (κ1) is 18.3. The Kier molecular flexibility index (Phi) is 4.55. The molecule has 4 heterocycles. The Morgan fingerprint density at radius 3 is 2.62 bits per heavy atom. The first-order chi connectivity index (χ1) is 13.9. The summed E-state index contributed by atoms with van der Waals surface area (Å²) < 4.78 is 44.5. The molecule has 4 rings (SSSR count). The second-order valence-corrected chi connectivity index (χ2v) is 5.76. The van der Waals surface area contributed by atoms with Crippen LogP contribution in [0, 0.1) is 0 Å². The number of pyridine rings is 2. The van der Waals surface area contributed by atoms with Crippen molar-refractivity contribution in [1.29, 1.82) is 0 Å². The Morgan fingerprint density at radius 1 is 1.07 bits per heavy atom. The van der Waals surface area contributed by atoms with Crippen LogP contribution in [-0.2, 0) is 6.18 Å². The molecule has 0 saturated carbocycles. The summed E-state index contributed by atoms with van der Waals surface area (Å²) in [6.07, 6.45) is 1.77. The highest BCUT2D eigenvalue weighted by Gasteiger charge is 2.30. The molecule has 29 heavy (non-hydrogen) atoms. The van der Waals surface area contributed by atoms with Crippen LogP contribution in [0.1, 0.15) is 16.1 Å². The molecule has 4 aromatic rings. The van der Waals surface area contributed by atoms with Crippen molar-refractivity contribution in [1.82, 2.24) is 24.5 Å². The monoisotopic (exact) mass is 400 g/mol. The fraction of sp³-hybridized carbons (Fsp3) is 0.0556. The number of oxazole rings is 1. The predicted octanol–water partition coefficient (Wildman–Crippen LogP) is 3.59. The molecular formula is C18H11F3N6O2. The van der Waals surface area contributed by atoms with E-state index in [0.717, 1.165) is 6.07 Å². The number of rotatable bonds is 4. The summed E-state index contributed by atoms with van der Waals surface area (Å²) in [7, 11) is 0. The molecule has 0 unspecified atom stereocenters. The standard InChI is InChI=1S/C18H11F3N6O2/c19-18(20,21)11-4-5-12(24-7-11)13-9-29-17(25-13)26-16(28)14-8-22-10-27(14)15-3-1-2-6-23-15/h1-10H,(H,25,26,28). The Hall–Kier alpha value is -4.02. The van der Waals surface area contributed by atoms with Gasteiger partial charge in [0.25, 0.3) is 5.91 Å². The highest BCUT2D eigenvalue weighted by Crippen LogP contribution is 2.29. The molecule has 0 aliphatic rings. The number of aromatic nitrogens is 5. The molecule has 1 amide bonds. The van der Waals surface area contributed by atoms with E-state index in [9.17, 15) is 18.0 Å². The summed E-state index contributed by atoms with van der Waals surface area (Å²) >= 11 is 0. The summed E-state index contributed by atoms with van der Waals surface area (Å²) in [6.45, 7) is 0. The van der Waals surface area contributed by atoms with Gasteiger partial charge in [0, 0.05) is 12.4 Å². The van der Waals surface area contributed by atoms with E-state index in [2.05, 4.69) is 25.3 Å². The topological polar surface area (TPSA) is 98.7 Å². The van der Waals surface area contributed by atoms with Crippen LogP contribution in [0.3, 0.4) is 0 Å². The first-order valence-corrected chi connectivity index (χ1v) is 8.16. The number of nitrogens with one attached hydrogen (secondary N) is 1. The number of hydrogen-bond acceptors (Lipinski definition) is 6. The summed E-state index contributed by atoms with van der Waals surface area (Å²) in [4.78, 5) is 28.4. The van der Waals surface area contributed by atoms with Crippen molar-refractivity contribution in [2.45, 2.75) is 6.18 Å². The van der Waals surface area contributed by atoms with Gasteiger partial charge in [-0.2, -0.15) is 18.2 Å². The second-order valence-electron chi connectivity index (χ2n) is 5.76. The Morgan fingerprint density at radius 2 is 1.93 bits per heavy atom. The van der Waals surface area contributed by atoms with Gasteiger partial charge >= 0.3 is 12.2 Å². The molecule has 0 spiro atoms. The van der Waals surface area contributed by atoms with Crippen molar-refractivity contribution in [3.63, 3.8) is 0 Å². The SMILES string of the molecule is O=C(Nc1nc(-c2ccc(C(F)(F)F)cn2)co1)c1cncn1-c1ccccn1. The number of halogens is 3. The number of carbonyl (C=O) groups excluding carboxylic acids is 1. The van der Waals surface area contributed by atoms with Crippen LogP contribution in [0.5, 0.6) is 0 Å². The Labute approximate surface area is 161 Å². The van der Waals surface area contributed by atoms with E-state index in [0.29, 0.717) is 12.0 Å². The lowest BCUT2D eigenvalue weighted by Crippen LogP contribution is -2.16. The van der Waals surface area contributed by atoms with Gasteiger partial charge in [0.1, 0.15) is 29.8 Å². The van der Waals surface area contributed by atoms with Crippen LogP contribution in [0.4, 0.5) is 19.2 Å². The van der Waals surface area contributed by atoms with Gasteiger partial charge in [0.2, 0.25) is 0 Å². The molecule has 0 aliphatic heterocycles. The second kappa shape index (κ2) is 7.19. The van der Waals surface area contributed by atoms with Gasteiger partial charge in [-0.1, -0.05) is 6.07 Å². The molecule has 8 nitrogen and oxygen atoms in total. The molecular weight excluding hydrogens is 389 g/mol. The minimum Gasteiger partial charge on any atom is -0.431 e.